The molecule has 0 radical (unpaired) electrons. The van der Waals surface area contributed by atoms with Crippen LogP contribution >= 0.6 is 0 Å². The first kappa shape index (κ1) is 29.0. The predicted octanol–water partition coefficient (Wildman–Crippen LogP) is 1.66. The van der Waals surface area contributed by atoms with Crippen LogP contribution in [0.5, 0.6) is 0 Å². The Morgan fingerprint density at radius 2 is 1.38 bits per heavy atom. The Bertz CT molecular complexity index is 1250. The Kier molecular flexibility index (Phi) is 9.38. The van der Waals surface area contributed by atoms with Gasteiger partial charge in [-0.15, -0.1) is 0 Å². The number of aliphatic imine (C=N–C) groups is 4. The van der Waals surface area contributed by atoms with Gasteiger partial charge in [0.25, 0.3) is 0 Å². The van der Waals surface area contributed by atoms with Crippen molar-refractivity contribution in [1.29, 1.82) is 0 Å². The van der Waals surface area contributed by atoms with Gasteiger partial charge in [-0.1, -0.05) is 0 Å². The van der Waals surface area contributed by atoms with Crippen molar-refractivity contribution in [1.82, 2.24) is 40.2 Å². The van der Waals surface area contributed by atoms with Gasteiger partial charge < -0.3 is 30.0 Å². The van der Waals surface area contributed by atoms with E-state index in [-0.39, 0.29) is 12.3 Å². The van der Waals surface area contributed by atoms with Crippen molar-refractivity contribution >= 4 is 23.8 Å². The predicted molar refractivity (Wildman–Crippen MR) is 164 cm³/mol. The fourth-order valence-corrected chi connectivity index (χ4v) is 4.83. The molecule has 2 aliphatic heterocycles. The molecule has 4 N–H and O–H groups in total. The van der Waals surface area contributed by atoms with Gasteiger partial charge in [0.2, 0.25) is 17.9 Å². The van der Waals surface area contributed by atoms with Gasteiger partial charge in [0.05, 0.1) is 0 Å². The summed E-state index contributed by atoms with van der Waals surface area (Å²) in [4.78, 5) is 34.1. The van der Waals surface area contributed by atoms with E-state index in [4.69, 9.17) is 9.98 Å². The Hall–Kier alpha value is -3.96. The minimum atomic E-state index is -0.126. The highest BCUT2D eigenvalue weighted by atomic mass is 15.5. The average molecular weight is 551 g/mol. The Labute approximate surface area is 238 Å². The van der Waals surface area contributed by atoms with Gasteiger partial charge in [0, 0.05) is 96.9 Å². The van der Waals surface area contributed by atoms with Crippen LogP contribution in [0.2, 0.25) is 0 Å². The molecular weight excluding hydrogens is 504 g/mol. The first-order valence-corrected chi connectivity index (χ1v) is 14.1. The van der Waals surface area contributed by atoms with Gasteiger partial charge >= 0.3 is 0 Å². The molecule has 0 spiro atoms. The summed E-state index contributed by atoms with van der Waals surface area (Å²) in [5.41, 5.74) is 4.83. The summed E-state index contributed by atoms with van der Waals surface area (Å²) in [5.74, 6) is 3.46. The van der Waals surface area contributed by atoms with Crippen LogP contribution in [0.4, 0.5) is 0 Å². The standard InChI is InChI=1S/C28H46N12/c1-19-9-10-22(30-19)13-16-29-25-31-20(2)32-26(36-25)38(6)17-14-23-11-12-24(35-23)15-18-39(7)28-34-21(3)33-27(37(4)5)40(28)8/h9-12,20-21,30,35H,13-18H2,1-8H3,(H2,29,31,32,36). The molecule has 2 aromatic heterocycles. The molecule has 0 amide bonds. The number of guanidine groups is 4. The Balaban J connectivity index is 1.22. The van der Waals surface area contributed by atoms with Crippen LogP contribution in [0.15, 0.2) is 44.2 Å². The molecule has 4 heterocycles. The van der Waals surface area contributed by atoms with Crippen molar-refractivity contribution < 1.29 is 0 Å². The third-order valence-corrected chi connectivity index (χ3v) is 6.98. The molecule has 12 nitrogen and oxygen atoms in total. The topological polar surface area (TPSA) is 118 Å². The molecule has 12 heteroatoms. The minimum absolute atomic E-state index is 0.0849. The average Bonchev–Trinajstić information content (AvgIpc) is 3.55. The van der Waals surface area contributed by atoms with Crippen LogP contribution in [-0.4, -0.2) is 121 Å². The molecule has 0 aliphatic carbocycles. The first-order valence-electron chi connectivity index (χ1n) is 14.1. The second-order valence-electron chi connectivity index (χ2n) is 10.8. The van der Waals surface area contributed by atoms with Crippen molar-refractivity contribution in [3.63, 3.8) is 0 Å². The number of H-pyrrole nitrogens is 2. The molecule has 0 saturated heterocycles. The van der Waals surface area contributed by atoms with Crippen LogP contribution < -0.4 is 10.6 Å². The SMILES string of the molecule is Cc1ccc(CCNC2=NC(C)N=C(N(C)CCc3ccc(CCN(C)C4=NC(C)N=C(N(C)C)N4C)[nH]3)N2)[nH]1. The van der Waals surface area contributed by atoms with Gasteiger partial charge in [-0.3, -0.25) is 10.2 Å². The van der Waals surface area contributed by atoms with E-state index in [1.54, 1.807) is 0 Å². The molecule has 0 aromatic carbocycles. The molecule has 218 valence electrons. The van der Waals surface area contributed by atoms with E-state index in [1.807, 2.05) is 44.8 Å². The second kappa shape index (κ2) is 12.9. The van der Waals surface area contributed by atoms with Crippen LogP contribution in [0, 0.1) is 6.92 Å². The summed E-state index contributed by atoms with van der Waals surface area (Å²) in [7, 11) is 10.2. The summed E-state index contributed by atoms with van der Waals surface area (Å²) in [6.07, 6.45) is 2.49. The summed E-state index contributed by atoms with van der Waals surface area (Å²) >= 11 is 0. The lowest BCUT2D eigenvalue weighted by Gasteiger charge is -2.35. The number of hydrogen-bond acceptors (Lipinski definition) is 10. The van der Waals surface area contributed by atoms with Crippen molar-refractivity contribution in [2.75, 3.05) is 54.9 Å². The number of rotatable bonds is 9. The normalized spacial score (nSPS) is 18.9. The lowest BCUT2D eigenvalue weighted by atomic mass is 10.3. The summed E-state index contributed by atoms with van der Waals surface area (Å²) < 4.78 is 0. The van der Waals surface area contributed by atoms with Gasteiger partial charge in [-0.2, -0.15) is 0 Å². The highest BCUT2D eigenvalue weighted by Crippen LogP contribution is 2.12. The fraction of sp³-hybridized carbons (Fsp3) is 0.571. The molecule has 2 atom stereocenters. The number of nitrogens with zero attached hydrogens (tertiary/aromatic N) is 8. The number of aromatic nitrogens is 2. The zero-order valence-electron chi connectivity index (χ0n) is 25.3. The fourth-order valence-electron chi connectivity index (χ4n) is 4.83. The molecule has 2 aliphatic rings. The third kappa shape index (κ3) is 7.57. The van der Waals surface area contributed by atoms with Crippen LogP contribution in [0.25, 0.3) is 0 Å². The Morgan fingerprint density at radius 3 is 2.02 bits per heavy atom. The lowest BCUT2D eigenvalue weighted by molar-refractivity contribution is 0.410. The lowest BCUT2D eigenvalue weighted by Crippen LogP contribution is -2.51. The highest BCUT2D eigenvalue weighted by molar-refractivity contribution is 6.00. The molecule has 40 heavy (non-hydrogen) atoms. The van der Waals surface area contributed by atoms with E-state index < -0.39 is 0 Å². The summed E-state index contributed by atoms with van der Waals surface area (Å²) in [6, 6.07) is 8.59. The molecular formula is C28H46N12. The number of aryl methyl sites for hydroxylation is 1. The van der Waals surface area contributed by atoms with E-state index in [1.165, 1.54) is 22.8 Å². The van der Waals surface area contributed by atoms with E-state index in [0.29, 0.717) is 0 Å². The molecule has 0 saturated carbocycles. The highest BCUT2D eigenvalue weighted by Gasteiger charge is 2.24. The van der Waals surface area contributed by atoms with E-state index in [9.17, 15) is 0 Å². The number of hydrogen-bond donors (Lipinski definition) is 4. The molecule has 0 bridgehead atoms. The monoisotopic (exact) mass is 550 g/mol. The van der Waals surface area contributed by atoms with Gasteiger partial charge in [0.1, 0.15) is 12.3 Å². The van der Waals surface area contributed by atoms with E-state index >= 15 is 0 Å². The third-order valence-electron chi connectivity index (χ3n) is 6.98. The number of nitrogens with one attached hydrogen (secondary N) is 4. The van der Waals surface area contributed by atoms with E-state index in [2.05, 4.69) is 85.7 Å². The Morgan fingerprint density at radius 1 is 0.775 bits per heavy atom. The van der Waals surface area contributed by atoms with Crippen molar-refractivity contribution in [2.45, 2.75) is 52.4 Å². The van der Waals surface area contributed by atoms with Crippen molar-refractivity contribution in [3.8, 4) is 0 Å². The molecule has 2 unspecified atom stereocenters. The van der Waals surface area contributed by atoms with Gasteiger partial charge in [0.15, 0.2) is 5.96 Å². The van der Waals surface area contributed by atoms with Gasteiger partial charge in [-0.05, 0) is 45.0 Å². The summed E-state index contributed by atoms with van der Waals surface area (Å²) in [5, 5.41) is 6.77. The van der Waals surface area contributed by atoms with Crippen molar-refractivity contribution in [3.05, 3.63) is 47.0 Å². The maximum absolute atomic E-state index is 4.76. The largest absolute Gasteiger partial charge is 0.362 e. The summed E-state index contributed by atoms with van der Waals surface area (Å²) in [6.45, 7) is 8.57. The van der Waals surface area contributed by atoms with Gasteiger partial charge in [-0.25, -0.2) is 20.0 Å². The molecule has 4 rings (SSSR count). The van der Waals surface area contributed by atoms with E-state index in [0.717, 1.165) is 62.7 Å². The first-order chi connectivity index (χ1) is 19.1. The maximum atomic E-state index is 4.76. The number of likely N-dealkylation sites (N-methyl/N-ethyl adjacent to an activating group) is 2. The zero-order chi connectivity index (χ0) is 28.8. The second-order valence-corrected chi connectivity index (χ2v) is 10.8. The molecule has 2 aromatic rings. The zero-order valence-corrected chi connectivity index (χ0v) is 25.3. The smallest absolute Gasteiger partial charge is 0.205 e. The number of aromatic amines is 2. The van der Waals surface area contributed by atoms with Crippen LogP contribution in [0.3, 0.4) is 0 Å². The maximum Gasteiger partial charge on any atom is 0.205 e. The molecule has 0 fully saturated rings. The quantitative estimate of drug-likeness (QED) is 0.377. The minimum Gasteiger partial charge on any atom is -0.362 e. The van der Waals surface area contributed by atoms with Crippen LogP contribution in [0.1, 0.15) is 36.6 Å². The van der Waals surface area contributed by atoms with Crippen molar-refractivity contribution in [2.24, 2.45) is 20.0 Å². The van der Waals surface area contributed by atoms with Crippen LogP contribution in [-0.2, 0) is 19.3 Å².